The molecule has 1 saturated carbocycles. The van der Waals surface area contributed by atoms with Crippen molar-refractivity contribution in [3.8, 4) is 0 Å². The van der Waals surface area contributed by atoms with Crippen molar-refractivity contribution in [2.45, 2.75) is 52.4 Å². The van der Waals surface area contributed by atoms with Crippen LogP contribution in [0.1, 0.15) is 54.9 Å². The zero-order valence-corrected chi connectivity index (χ0v) is 12.1. The summed E-state index contributed by atoms with van der Waals surface area (Å²) in [5.74, 6) is 2.52. The zero-order valence-electron chi connectivity index (χ0n) is 12.1. The summed E-state index contributed by atoms with van der Waals surface area (Å²) in [5, 5.41) is 3.19. The van der Waals surface area contributed by atoms with Crippen LogP contribution in [-0.4, -0.2) is 23.6 Å². The number of nitrogens with zero attached hydrogens (tertiary/aromatic N) is 2. The molecule has 3 heteroatoms. The first kappa shape index (κ1) is 13.5. The first-order chi connectivity index (χ1) is 8.61. The Balaban J connectivity index is 2.19. The molecule has 0 aromatic carbocycles. The van der Waals surface area contributed by atoms with E-state index in [-0.39, 0.29) is 0 Å². The predicted octanol–water partition coefficient (Wildman–Crippen LogP) is 2.76. The second-order valence-corrected chi connectivity index (χ2v) is 5.70. The first-order valence-electron chi connectivity index (χ1n) is 7.10. The predicted molar refractivity (Wildman–Crippen MR) is 74.9 cm³/mol. The minimum Gasteiger partial charge on any atom is -0.319 e. The normalized spacial score (nSPS) is 23.6. The standard InChI is InChI=1S/C15H25N3/c1-10-5-6-13(9-10)15-17-11(2)14(7-8-16-4)12(3)18-15/h10,13,16H,5-9H2,1-4H3. The number of hydrogen-bond acceptors (Lipinski definition) is 3. The fourth-order valence-electron chi connectivity index (χ4n) is 3.00. The van der Waals surface area contributed by atoms with Gasteiger partial charge in [0.15, 0.2) is 0 Å². The van der Waals surface area contributed by atoms with E-state index in [4.69, 9.17) is 9.97 Å². The smallest absolute Gasteiger partial charge is 0.131 e. The third-order valence-electron chi connectivity index (χ3n) is 4.12. The minimum atomic E-state index is 0.593. The van der Waals surface area contributed by atoms with Gasteiger partial charge in [-0.3, -0.25) is 0 Å². The Bertz CT molecular complexity index is 391. The van der Waals surface area contributed by atoms with Crippen molar-refractivity contribution in [2.24, 2.45) is 5.92 Å². The summed E-state index contributed by atoms with van der Waals surface area (Å²) in [6.45, 7) is 7.58. The van der Waals surface area contributed by atoms with Crippen LogP contribution in [-0.2, 0) is 6.42 Å². The summed E-state index contributed by atoms with van der Waals surface area (Å²) in [6.07, 6.45) is 4.87. The van der Waals surface area contributed by atoms with Crippen molar-refractivity contribution >= 4 is 0 Å². The van der Waals surface area contributed by atoms with Crippen molar-refractivity contribution in [3.63, 3.8) is 0 Å². The number of nitrogens with one attached hydrogen (secondary N) is 1. The fraction of sp³-hybridized carbons (Fsp3) is 0.733. The van der Waals surface area contributed by atoms with Crippen LogP contribution in [0.25, 0.3) is 0 Å². The monoisotopic (exact) mass is 247 g/mol. The lowest BCUT2D eigenvalue weighted by atomic mass is 10.0. The Morgan fingerprint density at radius 3 is 2.33 bits per heavy atom. The molecule has 1 heterocycles. The third kappa shape index (κ3) is 2.89. The van der Waals surface area contributed by atoms with Gasteiger partial charge in [-0.05, 0) is 64.6 Å². The molecule has 0 aliphatic heterocycles. The van der Waals surface area contributed by atoms with Gasteiger partial charge >= 0.3 is 0 Å². The molecule has 100 valence electrons. The average Bonchev–Trinajstić information content (AvgIpc) is 2.75. The Morgan fingerprint density at radius 2 is 1.83 bits per heavy atom. The average molecular weight is 247 g/mol. The van der Waals surface area contributed by atoms with Gasteiger partial charge in [0.25, 0.3) is 0 Å². The molecular weight excluding hydrogens is 222 g/mol. The van der Waals surface area contributed by atoms with E-state index in [1.54, 1.807) is 0 Å². The topological polar surface area (TPSA) is 37.8 Å². The second-order valence-electron chi connectivity index (χ2n) is 5.70. The van der Waals surface area contributed by atoms with Gasteiger partial charge in [-0.15, -0.1) is 0 Å². The molecule has 0 amide bonds. The summed E-state index contributed by atoms with van der Waals surface area (Å²) < 4.78 is 0. The molecule has 0 saturated heterocycles. The minimum absolute atomic E-state index is 0.593. The first-order valence-corrected chi connectivity index (χ1v) is 7.10. The molecule has 1 aliphatic rings. The van der Waals surface area contributed by atoms with Crippen molar-refractivity contribution in [1.29, 1.82) is 0 Å². The molecule has 1 aromatic rings. The molecule has 1 fully saturated rings. The Morgan fingerprint density at radius 1 is 1.17 bits per heavy atom. The van der Waals surface area contributed by atoms with Crippen LogP contribution >= 0.6 is 0 Å². The molecular formula is C15H25N3. The van der Waals surface area contributed by atoms with Crippen molar-refractivity contribution in [3.05, 3.63) is 22.8 Å². The molecule has 0 spiro atoms. The summed E-state index contributed by atoms with van der Waals surface area (Å²) in [7, 11) is 1.99. The Hall–Kier alpha value is -0.960. The van der Waals surface area contributed by atoms with E-state index in [0.29, 0.717) is 5.92 Å². The molecule has 1 aliphatic carbocycles. The highest BCUT2D eigenvalue weighted by molar-refractivity contribution is 5.25. The van der Waals surface area contributed by atoms with Gasteiger partial charge in [0, 0.05) is 17.3 Å². The van der Waals surface area contributed by atoms with Crippen LogP contribution in [0, 0.1) is 19.8 Å². The number of hydrogen-bond donors (Lipinski definition) is 1. The molecule has 3 nitrogen and oxygen atoms in total. The largest absolute Gasteiger partial charge is 0.319 e. The molecule has 18 heavy (non-hydrogen) atoms. The lowest BCUT2D eigenvalue weighted by Crippen LogP contribution is -2.14. The summed E-state index contributed by atoms with van der Waals surface area (Å²) in [6, 6.07) is 0. The van der Waals surface area contributed by atoms with Gasteiger partial charge in [0.05, 0.1) is 0 Å². The molecule has 1 aromatic heterocycles. The van der Waals surface area contributed by atoms with Crippen LogP contribution in [0.4, 0.5) is 0 Å². The van der Waals surface area contributed by atoms with E-state index < -0.39 is 0 Å². The quantitative estimate of drug-likeness (QED) is 0.889. The van der Waals surface area contributed by atoms with E-state index in [9.17, 15) is 0 Å². The highest BCUT2D eigenvalue weighted by Gasteiger charge is 2.25. The molecule has 2 unspecified atom stereocenters. The van der Waals surface area contributed by atoms with Gasteiger partial charge < -0.3 is 5.32 Å². The van der Waals surface area contributed by atoms with Gasteiger partial charge in [-0.25, -0.2) is 9.97 Å². The lowest BCUT2D eigenvalue weighted by Gasteiger charge is -2.14. The highest BCUT2D eigenvalue weighted by atomic mass is 14.9. The number of rotatable bonds is 4. The van der Waals surface area contributed by atoms with Gasteiger partial charge in [0.2, 0.25) is 0 Å². The number of aromatic nitrogens is 2. The maximum atomic E-state index is 4.76. The molecule has 0 radical (unpaired) electrons. The van der Waals surface area contributed by atoms with E-state index in [2.05, 4.69) is 26.1 Å². The van der Waals surface area contributed by atoms with E-state index in [1.165, 1.54) is 36.2 Å². The van der Waals surface area contributed by atoms with Gasteiger partial charge in [-0.1, -0.05) is 6.92 Å². The van der Waals surface area contributed by atoms with Crippen molar-refractivity contribution < 1.29 is 0 Å². The fourth-order valence-corrected chi connectivity index (χ4v) is 3.00. The summed E-state index contributed by atoms with van der Waals surface area (Å²) in [5.41, 5.74) is 3.67. The van der Waals surface area contributed by atoms with Crippen molar-refractivity contribution in [1.82, 2.24) is 15.3 Å². The van der Waals surface area contributed by atoms with Crippen molar-refractivity contribution in [2.75, 3.05) is 13.6 Å². The van der Waals surface area contributed by atoms with Crippen LogP contribution in [0.5, 0.6) is 0 Å². The maximum Gasteiger partial charge on any atom is 0.131 e. The molecule has 0 bridgehead atoms. The Kier molecular flexibility index (Phi) is 4.33. The number of likely N-dealkylation sites (N-methyl/N-ethyl adjacent to an activating group) is 1. The summed E-state index contributed by atoms with van der Waals surface area (Å²) >= 11 is 0. The van der Waals surface area contributed by atoms with Crippen LogP contribution < -0.4 is 5.32 Å². The second kappa shape index (κ2) is 5.79. The van der Waals surface area contributed by atoms with E-state index in [1.807, 2.05) is 7.05 Å². The molecule has 2 rings (SSSR count). The van der Waals surface area contributed by atoms with Crippen LogP contribution in [0.15, 0.2) is 0 Å². The molecule has 1 N–H and O–H groups in total. The third-order valence-corrected chi connectivity index (χ3v) is 4.12. The van der Waals surface area contributed by atoms with E-state index >= 15 is 0 Å². The van der Waals surface area contributed by atoms with Gasteiger partial charge in [-0.2, -0.15) is 0 Å². The maximum absolute atomic E-state index is 4.76. The number of aryl methyl sites for hydroxylation is 2. The highest BCUT2D eigenvalue weighted by Crippen LogP contribution is 2.36. The SMILES string of the molecule is CNCCc1c(C)nc(C2CCC(C)C2)nc1C. The van der Waals surface area contributed by atoms with Gasteiger partial charge in [0.1, 0.15) is 5.82 Å². The lowest BCUT2D eigenvalue weighted by molar-refractivity contribution is 0.582. The Labute approximate surface area is 110 Å². The molecule has 2 atom stereocenters. The van der Waals surface area contributed by atoms with E-state index in [0.717, 1.165) is 24.7 Å². The van der Waals surface area contributed by atoms with Crippen LogP contribution in [0.3, 0.4) is 0 Å². The van der Waals surface area contributed by atoms with Crippen LogP contribution in [0.2, 0.25) is 0 Å². The summed E-state index contributed by atoms with van der Waals surface area (Å²) in [4.78, 5) is 9.53. The zero-order chi connectivity index (χ0) is 13.1.